The Bertz CT molecular complexity index is 256. The Balaban J connectivity index is 0. The van der Waals surface area contributed by atoms with Gasteiger partial charge in [0.05, 0.1) is 12.5 Å². The molecule has 0 spiro atoms. The number of hydrogen-bond acceptors (Lipinski definition) is 3. The summed E-state index contributed by atoms with van der Waals surface area (Å²) in [5.41, 5.74) is 5.63. The van der Waals surface area contributed by atoms with Crippen molar-refractivity contribution in [2.24, 2.45) is 16.6 Å². The zero-order valence-electron chi connectivity index (χ0n) is 11.7. The lowest BCUT2D eigenvalue weighted by molar-refractivity contribution is -0.147. The molecule has 0 aromatic rings. The van der Waals surface area contributed by atoms with Crippen molar-refractivity contribution < 1.29 is 9.53 Å². The quantitative estimate of drug-likeness (QED) is 0.310. The lowest BCUT2D eigenvalue weighted by Gasteiger charge is -2.09. The van der Waals surface area contributed by atoms with E-state index in [9.17, 15) is 4.79 Å². The van der Waals surface area contributed by atoms with E-state index in [2.05, 4.69) is 24.2 Å². The SMILES string of the molecule is CC(C)CCN=C(N)NCCC(=O)OC(C)C.I. The first kappa shape index (κ1) is 19.8. The fourth-order valence-corrected chi connectivity index (χ4v) is 1.11. The Kier molecular flexibility index (Phi) is 12.7. The van der Waals surface area contributed by atoms with Crippen LogP contribution in [-0.4, -0.2) is 31.1 Å². The lowest BCUT2D eigenvalue weighted by Crippen LogP contribution is -2.34. The minimum atomic E-state index is -0.220. The van der Waals surface area contributed by atoms with Crippen LogP contribution in [0.3, 0.4) is 0 Å². The average molecular weight is 371 g/mol. The molecule has 0 unspecified atom stereocenters. The predicted octanol–water partition coefficient (Wildman–Crippen LogP) is 1.90. The van der Waals surface area contributed by atoms with E-state index in [-0.39, 0.29) is 36.0 Å². The van der Waals surface area contributed by atoms with Crippen LogP contribution in [0.4, 0.5) is 0 Å². The first-order valence-electron chi connectivity index (χ1n) is 6.15. The molecule has 108 valence electrons. The molecule has 0 aliphatic rings. The molecule has 3 N–H and O–H groups in total. The Labute approximate surface area is 127 Å². The monoisotopic (exact) mass is 371 g/mol. The minimum absolute atomic E-state index is 0. The Morgan fingerprint density at radius 3 is 2.44 bits per heavy atom. The molecule has 5 nitrogen and oxygen atoms in total. The van der Waals surface area contributed by atoms with Gasteiger partial charge in [0.2, 0.25) is 0 Å². The Morgan fingerprint density at radius 1 is 1.33 bits per heavy atom. The fraction of sp³-hybridized carbons (Fsp3) is 0.833. The summed E-state index contributed by atoms with van der Waals surface area (Å²) >= 11 is 0. The van der Waals surface area contributed by atoms with E-state index in [1.165, 1.54) is 0 Å². The third-order valence-electron chi connectivity index (χ3n) is 1.99. The molecule has 0 amide bonds. The van der Waals surface area contributed by atoms with E-state index in [0.29, 0.717) is 31.4 Å². The molecule has 0 aromatic carbocycles. The second-order valence-corrected chi connectivity index (χ2v) is 4.66. The maximum Gasteiger partial charge on any atom is 0.307 e. The number of rotatable bonds is 7. The van der Waals surface area contributed by atoms with E-state index in [4.69, 9.17) is 10.5 Å². The largest absolute Gasteiger partial charge is 0.463 e. The number of aliphatic imine (C=N–C) groups is 1. The average Bonchev–Trinajstić information content (AvgIpc) is 2.15. The molecular weight excluding hydrogens is 345 g/mol. The number of carbonyl (C=O) groups is 1. The van der Waals surface area contributed by atoms with E-state index >= 15 is 0 Å². The van der Waals surface area contributed by atoms with Gasteiger partial charge < -0.3 is 15.8 Å². The standard InChI is InChI=1S/C12H25N3O2.HI/c1-9(2)5-7-14-12(13)15-8-6-11(16)17-10(3)4;/h9-10H,5-8H2,1-4H3,(H3,13,14,15);1H. The maximum absolute atomic E-state index is 11.2. The summed E-state index contributed by atoms with van der Waals surface area (Å²) in [5.74, 6) is 0.790. The molecule has 0 bridgehead atoms. The van der Waals surface area contributed by atoms with E-state index in [1.54, 1.807) is 0 Å². The molecule has 0 radical (unpaired) electrons. The van der Waals surface area contributed by atoms with Crippen molar-refractivity contribution in [3.8, 4) is 0 Å². The normalized spacial score (nSPS) is 11.3. The molecule has 0 aliphatic carbocycles. The first-order valence-corrected chi connectivity index (χ1v) is 6.15. The molecule has 0 aromatic heterocycles. The van der Waals surface area contributed by atoms with Gasteiger partial charge in [-0.2, -0.15) is 0 Å². The highest BCUT2D eigenvalue weighted by Gasteiger charge is 2.04. The highest BCUT2D eigenvalue weighted by atomic mass is 127. The van der Waals surface area contributed by atoms with Crippen LogP contribution < -0.4 is 11.1 Å². The topological polar surface area (TPSA) is 76.7 Å². The van der Waals surface area contributed by atoms with Crippen LogP contribution in [0, 0.1) is 5.92 Å². The third-order valence-corrected chi connectivity index (χ3v) is 1.99. The number of halogens is 1. The molecule has 0 saturated heterocycles. The zero-order valence-corrected chi connectivity index (χ0v) is 14.1. The summed E-state index contributed by atoms with van der Waals surface area (Å²) in [6.07, 6.45) is 1.25. The van der Waals surface area contributed by atoms with Crippen LogP contribution in [0.25, 0.3) is 0 Å². The molecule has 6 heteroatoms. The Hall–Kier alpha value is -0.530. The molecule has 18 heavy (non-hydrogen) atoms. The van der Waals surface area contributed by atoms with Crippen LogP contribution in [-0.2, 0) is 9.53 Å². The van der Waals surface area contributed by atoms with E-state index in [1.807, 2.05) is 13.8 Å². The van der Waals surface area contributed by atoms with Gasteiger partial charge in [0, 0.05) is 13.1 Å². The van der Waals surface area contributed by atoms with Crippen molar-refractivity contribution in [3.63, 3.8) is 0 Å². The van der Waals surface area contributed by atoms with Crippen LogP contribution in [0.2, 0.25) is 0 Å². The maximum atomic E-state index is 11.2. The summed E-state index contributed by atoms with van der Waals surface area (Å²) in [7, 11) is 0. The van der Waals surface area contributed by atoms with Crippen molar-refractivity contribution in [3.05, 3.63) is 0 Å². The van der Waals surface area contributed by atoms with Gasteiger partial charge in [0.25, 0.3) is 0 Å². The summed E-state index contributed by atoms with van der Waals surface area (Å²) in [4.78, 5) is 15.3. The third kappa shape index (κ3) is 13.5. The molecule has 0 heterocycles. The molecule has 0 fully saturated rings. The van der Waals surface area contributed by atoms with Crippen molar-refractivity contribution in [1.82, 2.24) is 5.32 Å². The van der Waals surface area contributed by atoms with Crippen LogP contribution >= 0.6 is 24.0 Å². The lowest BCUT2D eigenvalue weighted by atomic mass is 10.1. The van der Waals surface area contributed by atoms with E-state index in [0.717, 1.165) is 6.42 Å². The van der Waals surface area contributed by atoms with Gasteiger partial charge in [0.15, 0.2) is 5.96 Å². The van der Waals surface area contributed by atoms with Crippen molar-refractivity contribution >= 4 is 35.9 Å². The van der Waals surface area contributed by atoms with Crippen LogP contribution in [0.1, 0.15) is 40.5 Å². The van der Waals surface area contributed by atoms with Gasteiger partial charge in [-0.1, -0.05) is 13.8 Å². The number of nitrogens with one attached hydrogen (secondary N) is 1. The molecule has 0 aliphatic heterocycles. The number of esters is 1. The summed E-state index contributed by atoms with van der Waals surface area (Å²) < 4.78 is 4.98. The predicted molar refractivity (Wildman–Crippen MR) is 85.2 cm³/mol. The smallest absolute Gasteiger partial charge is 0.307 e. The highest BCUT2D eigenvalue weighted by molar-refractivity contribution is 14.0. The number of nitrogens with zero attached hydrogens (tertiary/aromatic N) is 1. The number of guanidine groups is 1. The van der Waals surface area contributed by atoms with Crippen LogP contribution in [0.15, 0.2) is 4.99 Å². The van der Waals surface area contributed by atoms with Gasteiger partial charge in [-0.3, -0.25) is 9.79 Å². The fourth-order valence-electron chi connectivity index (χ4n) is 1.11. The van der Waals surface area contributed by atoms with Gasteiger partial charge in [-0.25, -0.2) is 0 Å². The highest BCUT2D eigenvalue weighted by Crippen LogP contribution is 1.98. The summed E-state index contributed by atoms with van der Waals surface area (Å²) in [6, 6.07) is 0. The van der Waals surface area contributed by atoms with Gasteiger partial charge in [0.1, 0.15) is 0 Å². The minimum Gasteiger partial charge on any atom is -0.463 e. The first-order chi connectivity index (χ1) is 7.91. The van der Waals surface area contributed by atoms with Gasteiger partial charge in [-0.15, -0.1) is 24.0 Å². The molecule has 0 atom stereocenters. The Morgan fingerprint density at radius 2 is 1.94 bits per heavy atom. The number of hydrogen-bond donors (Lipinski definition) is 2. The van der Waals surface area contributed by atoms with Gasteiger partial charge >= 0.3 is 5.97 Å². The van der Waals surface area contributed by atoms with Crippen molar-refractivity contribution in [1.29, 1.82) is 0 Å². The molecule has 0 saturated carbocycles. The zero-order chi connectivity index (χ0) is 13.3. The van der Waals surface area contributed by atoms with Gasteiger partial charge in [-0.05, 0) is 26.2 Å². The second-order valence-electron chi connectivity index (χ2n) is 4.66. The summed E-state index contributed by atoms with van der Waals surface area (Å²) in [6.45, 7) is 9.11. The number of nitrogens with two attached hydrogens (primary N) is 1. The number of carbonyl (C=O) groups excluding carboxylic acids is 1. The van der Waals surface area contributed by atoms with Crippen molar-refractivity contribution in [2.45, 2.75) is 46.6 Å². The van der Waals surface area contributed by atoms with Crippen LogP contribution in [0.5, 0.6) is 0 Å². The molecular formula is C12H26IN3O2. The molecule has 0 rings (SSSR count). The van der Waals surface area contributed by atoms with E-state index < -0.39 is 0 Å². The second kappa shape index (κ2) is 11.6. The number of ether oxygens (including phenoxy) is 1. The summed E-state index contributed by atoms with van der Waals surface area (Å²) in [5, 5.41) is 2.89. The van der Waals surface area contributed by atoms with Crippen molar-refractivity contribution in [2.75, 3.05) is 13.1 Å².